The fraction of sp³-hybridized carbons (Fsp3) is 0.321. The number of ether oxygens (including phenoxy) is 2. The van der Waals surface area contributed by atoms with Gasteiger partial charge in [-0.1, -0.05) is 78.9 Å². The van der Waals surface area contributed by atoms with Gasteiger partial charge < -0.3 is 14.6 Å². The van der Waals surface area contributed by atoms with Gasteiger partial charge in [-0.05, 0) is 35.6 Å². The van der Waals surface area contributed by atoms with Gasteiger partial charge in [0.1, 0.15) is 12.8 Å². The number of aliphatic hydroxyl groups excluding tert-OH is 1. The Balaban J connectivity index is 1.48. The molecule has 0 spiro atoms. The van der Waals surface area contributed by atoms with Gasteiger partial charge in [0.25, 0.3) is 0 Å². The lowest BCUT2D eigenvalue weighted by atomic mass is 9.77. The van der Waals surface area contributed by atoms with Gasteiger partial charge in [0, 0.05) is 17.4 Å². The van der Waals surface area contributed by atoms with E-state index in [0.717, 1.165) is 11.1 Å². The van der Waals surface area contributed by atoms with E-state index >= 15 is 0 Å². The third kappa shape index (κ3) is 6.27. The van der Waals surface area contributed by atoms with E-state index < -0.39 is 24.2 Å². The molecule has 1 amide bonds. The summed E-state index contributed by atoms with van der Waals surface area (Å²) in [6.45, 7) is 0.619. The number of hydrogen-bond donors (Lipinski definition) is 1. The second kappa shape index (κ2) is 12.3. The molecule has 188 valence electrons. The van der Waals surface area contributed by atoms with E-state index in [-0.39, 0.29) is 18.1 Å². The van der Waals surface area contributed by atoms with Gasteiger partial charge in [0.15, 0.2) is 0 Å². The highest BCUT2D eigenvalue weighted by Crippen LogP contribution is 2.43. The van der Waals surface area contributed by atoms with Crippen LogP contribution in [0.4, 0.5) is 10.5 Å². The summed E-state index contributed by atoms with van der Waals surface area (Å²) in [6.07, 6.45) is -0.922. The fourth-order valence-corrected chi connectivity index (χ4v) is 4.72. The van der Waals surface area contributed by atoms with Crippen molar-refractivity contribution < 1.29 is 24.3 Å². The Labute approximate surface area is 210 Å². The first-order valence-electron chi connectivity index (χ1n) is 12.0. The first-order chi connectivity index (χ1) is 17.5. The summed E-state index contributed by atoms with van der Waals surface area (Å²) >= 11 is 0. The predicted molar refractivity (Wildman–Crippen MR) is 135 cm³/mol. The van der Waals surface area contributed by atoms with Crippen molar-refractivity contribution in [3.05, 3.63) is 112 Å². The Bertz CT molecular complexity index is 1140. The van der Waals surface area contributed by atoms with E-state index in [1.54, 1.807) is 24.3 Å². The first-order valence-corrected chi connectivity index (χ1v) is 12.0. The SMILES string of the molecule is O=C(OCc1ccccc1)N1c2ccccc2[C@@H](C[N+](=O)[O-])[C@@H](CCCOCc2ccccc2)[C@H]1O. The molecule has 0 radical (unpaired) electrons. The predicted octanol–water partition coefficient (Wildman–Crippen LogP) is 5.14. The summed E-state index contributed by atoms with van der Waals surface area (Å²) in [4.78, 5) is 25.5. The minimum atomic E-state index is -1.26. The largest absolute Gasteiger partial charge is 0.444 e. The Morgan fingerprint density at radius 1 is 0.917 bits per heavy atom. The molecule has 0 aromatic heterocycles. The molecule has 0 unspecified atom stereocenters. The number of hydrogen-bond acceptors (Lipinski definition) is 6. The van der Waals surface area contributed by atoms with Crippen molar-refractivity contribution >= 4 is 11.8 Å². The van der Waals surface area contributed by atoms with Gasteiger partial charge in [-0.3, -0.25) is 15.0 Å². The maximum atomic E-state index is 13.1. The zero-order chi connectivity index (χ0) is 25.3. The van der Waals surface area contributed by atoms with Crippen LogP contribution in [0.2, 0.25) is 0 Å². The van der Waals surface area contributed by atoms with Crippen molar-refractivity contribution in [1.29, 1.82) is 0 Å². The molecule has 0 bridgehead atoms. The van der Waals surface area contributed by atoms with E-state index in [4.69, 9.17) is 9.47 Å². The molecule has 3 atom stereocenters. The number of amides is 1. The average Bonchev–Trinajstić information content (AvgIpc) is 2.89. The van der Waals surface area contributed by atoms with Crippen LogP contribution in [-0.4, -0.2) is 35.5 Å². The van der Waals surface area contributed by atoms with E-state index in [9.17, 15) is 20.0 Å². The Hall–Kier alpha value is -3.75. The zero-order valence-electron chi connectivity index (χ0n) is 19.9. The summed E-state index contributed by atoms with van der Waals surface area (Å²) in [6, 6.07) is 26.1. The van der Waals surface area contributed by atoms with Gasteiger partial charge in [-0.25, -0.2) is 4.79 Å². The van der Waals surface area contributed by atoms with Crippen molar-refractivity contribution in [3.63, 3.8) is 0 Å². The van der Waals surface area contributed by atoms with Crippen LogP contribution in [0.5, 0.6) is 0 Å². The number of rotatable bonds is 10. The number of carbonyl (C=O) groups excluding carboxylic acids is 1. The lowest BCUT2D eigenvalue weighted by Crippen LogP contribution is -2.51. The summed E-state index contributed by atoms with van der Waals surface area (Å²) in [5.74, 6) is -1.09. The smallest absolute Gasteiger partial charge is 0.416 e. The lowest BCUT2D eigenvalue weighted by Gasteiger charge is -2.42. The molecular formula is C28H30N2O6. The fourth-order valence-electron chi connectivity index (χ4n) is 4.72. The molecule has 8 nitrogen and oxygen atoms in total. The molecule has 1 aliphatic heterocycles. The number of aliphatic hydroxyl groups is 1. The molecule has 36 heavy (non-hydrogen) atoms. The van der Waals surface area contributed by atoms with Gasteiger partial charge in [0.2, 0.25) is 6.54 Å². The van der Waals surface area contributed by atoms with Crippen molar-refractivity contribution in [2.24, 2.45) is 5.92 Å². The standard InChI is InChI=1S/C28H30N2O6/c31-27-24(15-9-17-35-19-21-10-3-1-4-11-21)25(18-29(33)34)23-14-7-8-16-26(23)30(27)28(32)36-20-22-12-5-2-6-13-22/h1-8,10-14,16,24-25,27,31H,9,15,17-20H2/t24-,25-,27-/m1/s1. The molecule has 0 saturated carbocycles. The maximum Gasteiger partial charge on any atom is 0.416 e. The highest BCUT2D eigenvalue weighted by atomic mass is 16.6. The van der Waals surface area contributed by atoms with Crippen LogP contribution < -0.4 is 4.90 Å². The van der Waals surface area contributed by atoms with Crippen molar-refractivity contribution in [2.45, 2.75) is 38.2 Å². The van der Waals surface area contributed by atoms with Crippen LogP contribution in [0.15, 0.2) is 84.9 Å². The Kier molecular flexibility index (Phi) is 8.65. The Morgan fingerprint density at radius 2 is 1.53 bits per heavy atom. The van der Waals surface area contributed by atoms with Crippen LogP contribution in [0.1, 0.15) is 35.4 Å². The maximum absolute atomic E-state index is 13.1. The summed E-state index contributed by atoms with van der Waals surface area (Å²) < 4.78 is 11.3. The summed E-state index contributed by atoms with van der Waals surface area (Å²) in [5, 5.41) is 22.9. The third-order valence-electron chi connectivity index (χ3n) is 6.45. The summed E-state index contributed by atoms with van der Waals surface area (Å²) in [5.41, 5.74) is 2.98. The van der Waals surface area contributed by atoms with E-state index in [1.165, 1.54) is 4.90 Å². The molecule has 1 heterocycles. The molecule has 8 heteroatoms. The van der Waals surface area contributed by atoms with Gasteiger partial charge in [-0.15, -0.1) is 0 Å². The number of benzene rings is 3. The van der Waals surface area contributed by atoms with Crippen LogP contribution in [-0.2, 0) is 22.7 Å². The van der Waals surface area contributed by atoms with Crippen LogP contribution in [0.25, 0.3) is 0 Å². The molecule has 0 fully saturated rings. The number of nitrogens with zero attached hydrogens (tertiary/aromatic N) is 2. The van der Waals surface area contributed by atoms with Crippen LogP contribution >= 0.6 is 0 Å². The minimum absolute atomic E-state index is 0.0569. The second-order valence-corrected chi connectivity index (χ2v) is 8.85. The average molecular weight is 491 g/mol. The highest BCUT2D eigenvalue weighted by molar-refractivity contribution is 5.90. The number of nitro groups is 1. The van der Waals surface area contributed by atoms with Gasteiger partial charge in [-0.2, -0.15) is 0 Å². The highest BCUT2D eigenvalue weighted by Gasteiger charge is 2.45. The van der Waals surface area contributed by atoms with Crippen molar-refractivity contribution in [1.82, 2.24) is 0 Å². The summed E-state index contributed by atoms with van der Waals surface area (Å²) in [7, 11) is 0. The molecule has 4 rings (SSSR count). The van der Waals surface area contributed by atoms with Crippen molar-refractivity contribution in [2.75, 3.05) is 18.1 Å². The van der Waals surface area contributed by atoms with Crippen LogP contribution in [0, 0.1) is 16.0 Å². The second-order valence-electron chi connectivity index (χ2n) is 8.85. The lowest BCUT2D eigenvalue weighted by molar-refractivity contribution is -0.485. The molecule has 1 N–H and O–H groups in total. The van der Waals surface area contributed by atoms with Gasteiger partial charge in [0.05, 0.1) is 18.2 Å². The van der Waals surface area contributed by atoms with Crippen molar-refractivity contribution in [3.8, 4) is 0 Å². The van der Waals surface area contributed by atoms with E-state index in [2.05, 4.69) is 0 Å². The molecule has 0 saturated heterocycles. The first kappa shape index (κ1) is 25.3. The molecule has 0 aliphatic carbocycles. The topological polar surface area (TPSA) is 102 Å². The number of anilines is 1. The number of carbonyl (C=O) groups is 1. The normalized spacial score (nSPS) is 18.9. The minimum Gasteiger partial charge on any atom is -0.444 e. The quantitative estimate of drug-likeness (QED) is 0.240. The zero-order valence-corrected chi connectivity index (χ0v) is 19.9. The number of fused-ring (bicyclic) bond motifs is 1. The Morgan fingerprint density at radius 3 is 2.19 bits per heavy atom. The molecule has 3 aromatic rings. The van der Waals surface area contributed by atoms with E-state index in [1.807, 2.05) is 60.7 Å². The third-order valence-corrected chi connectivity index (χ3v) is 6.45. The molecule has 1 aliphatic rings. The van der Waals surface area contributed by atoms with E-state index in [0.29, 0.717) is 37.3 Å². The number of para-hydroxylation sites is 1. The monoisotopic (exact) mass is 490 g/mol. The molecular weight excluding hydrogens is 460 g/mol. The van der Waals surface area contributed by atoms with Gasteiger partial charge >= 0.3 is 6.09 Å². The van der Waals surface area contributed by atoms with Crippen LogP contribution in [0.3, 0.4) is 0 Å². The molecule has 3 aromatic carbocycles.